The third kappa shape index (κ3) is 3.70. The molecule has 3 rings (SSSR count). The predicted molar refractivity (Wildman–Crippen MR) is 100 cm³/mol. The highest BCUT2D eigenvalue weighted by molar-refractivity contribution is 6.05. The Kier molecular flexibility index (Phi) is 4.74. The van der Waals surface area contributed by atoms with Crippen LogP contribution in [0.4, 0.5) is 17.1 Å². The summed E-state index contributed by atoms with van der Waals surface area (Å²) >= 11 is 0. The summed E-state index contributed by atoms with van der Waals surface area (Å²) in [6.45, 7) is 2.33. The van der Waals surface area contributed by atoms with Gasteiger partial charge in [-0.05, 0) is 60.6 Å². The molecule has 0 spiro atoms. The Labute approximate surface area is 143 Å². The molecule has 0 atom stereocenters. The van der Waals surface area contributed by atoms with Crippen LogP contribution in [0.2, 0.25) is 0 Å². The first-order chi connectivity index (χ1) is 11.5. The van der Waals surface area contributed by atoms with Crippen molar-refractivity contribution in [2.24, 2.45) is 5.92 Å². The smallest absolute Gasteiger partial charge is 0.255 e. The standard InChI is InChI=1S/C20H25N3O/c1-13-2-4-14(5-3-13)15-6-8-16(9-7-15)20(24)23-19-11-10-17(21)12-18(19)22/h6-14H,2-5,21-22H2,1H3,(H,23,24). The van der Waals surface area contributed by atoms with Crippen LogP contribution < -0.4 is 16.8 Å². The summed E-state index contributed by atoms with van der Waals surface area (Å²) in [5, 5.41) is 2.84. The minimum atomic E-state index is -0.157. The van der Waals surface area contributed by atoms with Crippen LogP contribution in [0.25, 0.3) is 0 Å². The molecule has 4 nitrogen and oxygen atoms in total. The first kappa shape index (κ1) is 16.4. The van der Waals surface area contributed by atoms with E-state index in [1.807, 2.05) is 12.1 Å². The second kappa shape index (κ2) is 6.95. The Balaban J connectivity index is 1.67. The van der Waals surface area contributed by atoms with Crippen LogP contribution >= 0.6 is 0 Å². The molecule has 5 N–H and O–H groups in total. The summed E-state index contributed by atoms with van der Waals surface area (Å²) in [6.07, 6.45) is 5.08. The fraction of sp³-hybridized carbons (Fsp3) is 0.350. The van der Waals surface area contributed by atoms with Gasteiger partial charge in [0.2, 0.25) is 0 Å². The topological polar surface area (TPSA) is 81.1 Å². The molecule has 24 heavy (non-hydrogen) atoms. The Morgan fingerprint density at radius 2 is 1.67 bits per heavy atom. The number of benzene rings is 2. The molecule has 0 unspecified atom stereocenters. The lowest BCUT2D eigenvalue weighted by molar-refractivity contribution is 0.102. The van der Waals surface area contributed by atoms with Gasteiger partial charge < -0.3 is 16.8 Å². The van der Waals surface area contributed by atoms with Gasteiger partial charge in [0.15, 0.2) is 0 Å². The number of nitrogens with two attached hydrogens (primary N) is 2. The van der Waals surface area contributed by atoms with Gasteiger partial charge in [-0.3, -0.25) is 4.79 Å². The lowest BCUT2D eigenvalue weighted by Gasteiger charge is -2.26. The molecule has 2 aromatic carbocycles. The number of rotatable bonds is 3. The quantitative estimate of drug-likeness (QED) is 0.732. The summed E-state index contributed by atoms with van der Waals surface area (Å²) in [5.74, 6) is 1.32. The van der Waals surface area contributed by atoms with Crippen molar-refractivity contribution in [2.45, 2.75) is 38.5 Å². The van der Waals surface area contributed by atoms with E-state index in [0.717, 1.165) is 5.92 Å². The van der Waals surface area contributed by atoms with Crippen molar-refractivity contribution in [2.75, 3.05) is 16.8 Å². The molecule has 0 saturated heterocycles. The van der Waals surface area contributed by atoms with Crippen molar-refractivity contribution in [3.05, 3.63) is 53.6 Å². The van der Waals surface area contributed by atoms with Crippen molar-refractivity contribution in [3.8, 4) is 0 Å². The van der Waals surface area contributed by atoms with Gasteiger partial charge in [0.05, 0.1) is 11.4 Å². The number of hydrogen-bond donors (Lipinski definition) is 3. The van der Waals surface area contributed by atoms with Gasteiger partial charge in [-0.2, -0.15) is 0 Å². The SMILES string of the molecule is CC1CCC(c2ccc(C(=O)Nc3ccc(N)cc3N)cc2)CC1. The van der Waals surface area contributed by atoms with E-state index in [9.17, 15) is 4.79 Å². The van der Waals surface area contributed by atoms with Crippen molar-refractivity contribution in [3.63, 3.8) is 0 Å². The van der Waals surface area contributed by atoms with Crippen LogP contribution in [-0.4, -0.2) is 5.91 Å². The Hall–Kier alpha value is -2.49. The lowest BCUT2D eigenvalue weighted by atomic mass is 9.79. The van der Waals surface area contributed by atoms with Gasteiger partial charge >= 0.3 is 0 Å². The molecule has 4 heteroatoms. The van der Waals surface area contributed by atoms with E-state index in [2.05, 4.69) is 24.4 Å². The Morgan fingerprint density at radius 1 is 1.00 bits per heavy atom. The van der Waals surface area contributed by atoms with E-state index >= 15 is 0 Å². The van der Waals surface area contributed by atoms with Crippen LogP contribution in [0.1, 0.15) is 54.4 Å². The van der Waals surface area contributed by atoms with Crippen molar-refractivity contribution in [1.29, 1.82) is 0 Å². The average Bonchev–Trinajstić information content (AvgIpc) is 2.58. The molecule has 0 aromatic heterocycles. The van der Waals surface area contributed by atoms with Crippen LogP contribution in [0.15, 0.2) is 42.5 Å². The molecule has 1 fully saturated rings. The Morgan fingerprint density at radius 3 is 2.29 bits per heavy atom. The molecular formula is C20H25N3O. The summed E-state index contributed by atoms with van der Waals surface area (Å²) in [5.41, 5.74) is 15.2. The second-order valence-electron chi connectivity index (χ2n) is 6.88. The molecule has 0 bridgehead atoms. The number of carbonyl (C=O) groups is 1. The van der Waals surface area contributed by atoms with E-state index in [0.29, 0.717) is 28.5 Å². The summed E-state index contributed by atoms with van der Waals surface area (Å²) in [7, 11) is 0. The molecule has 1 aliphatic carbocycles. The van der Waals surface area contributed by atoms with Crippen LogP contribution in [0, 0.1) is 5.92 Å². The van der Waals surface area contributed by atoms with Gasteiger partial charge in [0.25, 0.3) is 5.91 Å². The normalized spacial score (nSPS) is 20.5. The number of nitrogens with one attached hydrogen (secondary N) is 1. The minimum absolute atomic E-state index is 0.157. The van der Waals surface area contributed by atoms with Crippen molar-refractivity contribution in [1.82, 2.24) is 0 Å². The number of anilines is 3. The summed E-state index contributed by atoms with van der Waals surface area (Å²) in [6, 6.07) is 13.1. The molecule has 0 radical (unpaired) electrons. The fourth-order valence-electron chi connectivity index (χ4n) is 3.39. The molecule has 1 aliphatic rings. The zero-order valence-corrected chi connectivity index (χ0v) is 14.1. The average molecular weight is 323 g/mol. The minimum Gasteiger partial charge on any atom is -0.399 e. The maximum Gasteiger partial charge on any atom is 0.255 e. The molecule has 1 saturated carbocycles. The van der Waals surface area contributed by atoms with E-state index < -0.39 is 0 Å². The summed E-state index contributed by atoms with van der Waals surface area (Å²) < 4.78 is 0. The maximum atomic E-state index is 12.4. The van der Waals surface area contributed by atoms with E-state index in [4.69, 9.17) is 11.5 Å². The van der Waals surface area contributed by atoms with Gasteiger partial charge in [-0.15, -0.1) is 0 Å². The molecule has 0 aliphatic heterocycles. The highest BCUT2D eigenvalue weighted by Crippen LogP contribution is 2.35. The maximum absolute atomic E-state index is 12.4. The molecule has 1 amide bonds. The van der Waals surface area contributed by atoms with Crippen molar-refractivity contribution >= 4 is 23.0 Å². The second-order valence-corrected chi connectivity index (χ2v) is 6.88. The van der Waals surface area contributed by atoms with Gasteiger partial charge in [0, 0.05) is 11.3 Å². The van der Waals surface area contributed by atoms with Gasteiger partial charge in [-0.25, -0.2) is 0 Å². The highest BCUT2D eigenvalue weighted by Gasteiger charge is 2.19. The predicted octanol–water partition coefficient (Wildman–Crippen LogP) is 4.40. The zero-order chi connectivity index (χ0) is 17.1. The number of carbonyl (C=O) groups excluding carboxylic acids is 1. The fourth-order valence-corrected chi connectivity index (χ4v) is 3.39. The van der Waals surface area contributed by atoms with Gasteiger partial charge in [-0.1, -0.05) is 31.9 Å². The molecule has 126 valence electrons. The third-order valence-electron chi connectivity index (χ3n) is 4.98. The molecule has 2 aromatic rings. The Bertz CT molecular complexity index is 716. The van der Waals surface area contributed by atoms with Gasteiger partial charge in [0.1, 0.15) is 0 Å². The van der Waals surface area contributed by atoms with E-state index in [1.165, 1.54) is 31.2 Å². The molecule has 0 heterocycles. The number of nitrogen functional groups attached to an aromatic ring is 2. The molecular weight excluding hydrogens is 298 g/mol. The lowest BCUT2D eigenvalue weighted by Crippen LogP contribution is -2.14. The number of hydrogen-bond acceptors (Lipinski definition) is 3. The van der Waals surface area contributed by atoms with Crippen LogP contribution in [-0.2, 0) is 0 Å². The first-order valence-electron chi connectivity index (χ1n) is 8.59. The monoisotopic (exact) mass is 323 g/mol. The van der Waals surface area contributed by atoms with Crippen LogP contribution in [0.3, 0.4) is 0 Å². The van der Waals surface area contributed by atoms with Crippen molar-refractivity contribution < 1.29 is 4.79 Å². The summed E-state index contributed by atoms with van der Waals surface area (Å²) in [4.78, 5) is 12.4. The third-order valence-corrected chi connectivity index (χ3v) is 4.98. The van der Waals surface area contributed by atoms with Crippen LogP contribution in [0.5, 0.6) is 0 Å². The highest BCUT2D eigenvalue weighted by atomic mass is 16.1. The van der Waals surface area contributed by atoms with E-state index in [1.54, 1.807) is 18.2 Å². The number of amides is 1. The first-order valence-corrected chi connectivity index (χ1v) is 8.59. The van der Waals surface area contributed by atoms with E-state index in [-0.39, 0.29) is 5.91 Å². The zero-order valence-electron chi connectivity index (χ0n) is 14.1. The largest absolute Gasteiger partial charge is 0.399 e.